The molecule has 76 valence electrons. The van der Waals surface area contributed by atoms with Gasteiger partial charge in [-0.15, -0.1) is 0 Å². The molecular formula is C11H15NS2. The lowest BCUT2D eigenvalue weighted by atomic mass is 10.2. The first kappa shape index (κ1) is 11.5. The van der Waals surface area contributed by atoms with E-state index in [-0.39, 0.29) is 0 Å². The predicted molar refractivity (Wildman–Crippen MR) is 68.6 cm³/mol. The molecule has 0 spiro atoms. The molecule has 0 unspecified atom stereocenters. The first-order valence-electron chi connectivity index (χ1n) is 4.77. The first-order valence-corrected chi connectivity index (χ1v) is 6.17. The third-order valence-electron chi connectivity index (χ3n) is 1.72. The van der Waals surface area contributed by atoms with E-state index in [1.807, 2.05) is 18.2 Å². The van der Waals surface area contributed by atoms with Crippen LogP contribution in [0.2, 0.25) is 0 Å². The van der Waals surface area contributed by atoms with Crippen LogP contribution in [0.25, 0.3) is 0 Å². The third kappa shape index (κ3) is 4.63. The number of thioether (sulfide) groups is 1. The van der Waals surface area contributed by atoms with Gasteiger partial charge in [0, 0.05) is 6.54 Å². The highest BCUT2D eigenvalue weighted by Gasteiger charge is 1.95. The van der Waals surface area contributed by atoms with Gasteiger partial charge in [0.25, 0.3) is 0 Å². The van der Waals surface area contributed by atoms with E-state index >= 15 is 0 Å². The maximum atomic E-state index is 5.17. The van der Waals surface area contributed by atoms with Gasteiger partial charge in [0.2, 0.25) is 0 Å². The number of hydrogen-bond donors (Lipinski definition) is 1. The van der Waals surface area contributed by atoms with E-state index in [0.717, 1.165) is 23.0 Å². The minimum absolute atomic E-state index is 0.830. The van der Waals surface area contributed by atoms with Crippen LogP contribution >= 0.6 is 24.0 Å². The maximum absolute atomic E-state index is 5.17. The Morgan fingerprint density at radius 1 is 1.36 bits per heavy atom. The van der Waals surface area contributed by atoms with Gasteiger partial charge in [0.05, 0.1) is 0 Å². The Morgan fingerprint density at radius 3 is 2.71 bits per heavy atom. The molecule has 0 aliphatic heterocycles. The topological polar surface area (TPSA) is 12.0 Å². The number of thiocarbonyl (C=S) groups is 1. The van der Waals surface area contributed by atoms with Crippen molar-refractivity contribution in [3.63, 3.8) is 0 Å². The molecule has 0 aliphatic rings. The molecule has 0 aliphatic carbocycles. The molecule has 0 aromatic heterocycles. The highest BCUT2D eigenvalue weighted by atomic mass is 32.2. The number of benzene rings is 1. The molecule has 1 N–H and O–H groups in total. The fraction of sp³-hybridized carbons (Fsp3) is 0.364. The predicted octanol–water partition coefficient (Wildman–Crippen LogP) is 3.20. The van der Waals surface area contributed by atoms with Crippen molar-refractivity contribution in [2.24, 2.45) is 0 Å². The summed E-state index contributed by atoms with van der Waals surface area (Å²) in [4.78, 5) is 0. The van der Waals surface area contributed by atoms with Gasteiger partial charge in [0.1, 0.15) is 4.32 Å². The van der Waals surface area contributed by atoms with Crippen LogP contribution in [-0.2, 0) is 6.54 Å². The Bertz CT molecular complexity index is 272. The minimum Gasteiger partial charge on any atom is -0.367 e. The van der Waals surface area contributed by atoms with Crippen molar-refractivity contribution in [2.45, 2.75) is 19.9 Å². The van der Waals surface area contributed by atoms with Crippen LogP contribution < -0.4 is 5.32 Å². The van der Waals surface area contributed by atoms with Crippen molar-refractivity contribution in [2.75, 3.05) is 5.75 Å². The summed E-state index contributed by atoms with van der Waals surface area (Å²) < 4.78 is 0.899. The van der Waals surface area contributed by atoms with E-state index in [1.165, 1.54) is 5.56 Å². The SMILES string of the molecule is CCCSC(=S)NCc1ccccc1. The minimum atomic E-state index is 0.830. The lowest BCUT2D eigenvalue weighted by Crippen LogP contribution is -2.17. The Labute approximate surface area is 95.3 Å². The molecule has 1 rings (SSSR count). The zero-order valence-corrected chi connectivity index (χ0v) is 9.96. The van der Waals surface area contributed by atoms with E-state index in [4.69, 9.17) is 12.2 Å². The fourth-order valence-electron chi connectivity index (χ4n) is 1.02. The lowest BCUT2D eigenvalue weighted by Gasteiger charge is -2.06. The summed E-state index contributed by atoms with van der Waals surface area (Å²) in [7, 11) is 0. The van der Waals surface area contributed by atoms with Crippen LogP contribution in [0.1, 0.15) is 18.9 Å². The van der Waals surface area contributed by atoms with Gasteiger partial charge in [-0.05, 0) is 17.7 Å². The summed E-state index contributed by atoms with van der Waals surface area (Å²) in [5, 5.41) is 3.23. The first-order chi connectivity index (χ1) is 6.83. The van der Waals surface area contributed by atoms with Crippen molar-refractivity contribution in [3.05, 3.63) is 35.9 Å². The molecule has 0 heterocycles. The molecule has 1 aromatic carbocycles. The second-order valence-electron chi connectivity index (χ2n) is 2.98. The van der Waals surface area contributed by atoms with Crippen LogP contribution in [0.5, 0.6) is 0 Å². The molecule has 0 saturated heterocycles. The number of rotatable bonds is 4. The van der Waals surface area contributed by atoms with E-state index in [1.54, 1.807) is 11.8 Å². The highest BCUT2D eigenvalue weighted by Crippen LogP contribution is 2.05. The van der Waals surface area contributed by atoms with Gasteiger partial charge >= 0.3 is 0 Å². The molecule has 0 fully saturated rings. The lowest BCUT2D eigenvalue weighted by molar-refractivity contribution is 0.939. The van der Waals surface area contributed by atoms with E-state index in [9.17, 15) is 0 Å². The second kappa shape index (κ2) is 6.85. The largest absolute Gasteiger partial charge is 0.367 e. The monoisotopic (exact) mass is 225 g/mol. The summed E-state index contributed by atoms with van der Waals surface area (Å²) in [6.07, 6.45) is 1.16. The molecule has 14 heavy (non-hydrogen) atoms. The van der Waals surface area contributed by atoms with Crippen molar-refractivity contribution in [1.82, 2.24) is 5.32 Å². The van der Waals surface area contributed by atoms with Gasteiger partial charge in [-0.1, -0.05) is 61.2 Å². The zero-order chi connectivity index (χ0) is 10.2. The molecule has 0 atom stereocenters. The molecule has 0 saturated carbocycles. The number of hydrogen-bond acceptors (Lipinski definition) is 2. The Hall–Kier alpha value is -0.540. The molecule has 0 radical (unpaired) electrons. The van der Waals surface area contributed by atoms with Crippen LogP contribution in [0.4, 0.5) is 0 Å². The van der Waals surface area contributed by atoms with E-state index in [0.29, 0.717) is 0 Å². The molecular weight excluding hydrogens is 210 g/mol. The van der Waals surface area contributed by atoms with Crippen molar-refractivity contribution < 1.29 is 0 Å². The van der Waals surface area contributed by atoms with Gasteiger partial charge in [-0.3, -0.25) is 0 Å². The van der Waals surface area contributed by atoms with Crippen LogP contribution in [0.3, 0.4) is 0 Å². The smallest absolute Gasteiger partial charge is 0.134 e. The Balaban J connectivity index is 2.24. The van der Waals surface area contributed by atoms with Crippen LogP contribution in [0, 0.1) is 0 Å². The molecule has 1 aromatic rings. The highest BCUT2D eigenvalue weighted by molar-refractivity contribution is 8.22. The summed E-state index contributed by atoms with van der Waals surface area (Å²) in [5.74, 6) is 1.10. The Morgan fingerprint density at radius 2 is 2.07 bits per heavy atom. The zero-order valence-electron chi connectivity index (χ0n) is 8.32. The summed E-state index contributed by atoms with van der Waals surface area (Å²) in [5.41, 5.74) is 1.27. The summed E-state index contributed by atoms with van der Waals surface area (Å²) >= 11 is 6.89. The maximum Gasteiger partial charge on any atom is 0.134 e. The molecule has 1 nitrogen and oxygen atoms in total. The third-order valence-corrected chi connectivity index (χ3v) is 3.23. The van der Waals surface area contributed by atoms with Crippen molar-refractivity contribution >= 4 is 28.3 Å². The second-order valence-corrected chi connectivity index (χ2v) is 4.75. The van der Waals surface area contributed by atoms with Gasteiger partial charge in [0.15, 0.2) is 0 Å². The van der Waals surface area contributed by atoms with Crippen LogP contribution in [-0.4, -0.2) is 10.1 Å². The summed E-state index contributed by atoms with van der Waals surface area (Å²) in [6, 6.07) is 10.3. The quantitative estimate of drug-likeness (QED) is 0.790. The normalized spacial score (nSPS) is 9.79. The van der Waals surface area contributed by atoms with Crippen LogP contribution in [0.15, 0.2) is 30.3 Å². The van der Waals surface area contributed by atoms with Gasteiger partial charge < -0.3 is 5.32 Å². The average Bonchev–Trinajstić information content (AvgIpc) is 2.25. The molecule has 0 bridgehead atoms. The van der Waals surface area contributed by atoms with Crippen molar-refractivity contribution in [3.8, 4) is 0 Å². The summed E-state index contributed by atoms with van der Waals surface area (Å²) in [6.45, 7) is 2.99. The van der Waals surface area contributed by atoms with Gasteiger partial charge in [-0.25, -0.2) is 0 Å². The van der Waals surface area contributed by atoms with E-state index < -0.39 is 0 Å². The average molecular weight is 225 g/mol. The molecule has 3 heteroatoms. The van der Waals surface area contributed by atoms with E-state index in [2.05, 4.69) is 24.4 Å². The number of nitrogens with one attached hydrogen (secondary N) is 1. The standard InChI is InChI=1S/C11H15NS2/c1-2-8-14-11(13)12-9-10-6-4-3-5-7-10/h3-7H,2,8-9H2,1H3,(H,12,13). The molecule has 0 amide bonds. The van der Waals surface area contributed by atoms with Gasteiger partial charge in [-0.2, -0.15) is 0 Å². The fourth-order valence-corrected chi connectivity index (χ4v) is 1.90. The van der Waals surface area contributed by atoms with Crippen molar-refractivity contribution in [1.29, 1.82) is 0 Å². The Kier molecular flexibility index (Phi) is 5.64.